The highest BCUT2D eigenvalue weighted by Gasteiger charge is 2.08. The Hall–Kier alpha value is -1.85. The van der Waals surface area contributed by atoms with Crippen LogP contribution in [0, 0.1) is 0 Å². The van der Waals surface area contributed by atoms with Crippen LogP contribution >= 0.6 is 23.4 Å². The van der Waals surface area contributed by atoms with Crippen molar-refractivity contribution in [2.24, 2.45) is 0 Å². The van der Waals surface area contributed by atoms with Crippen molar-refractivity contribution < 1.29 is 9.53 Å². The van der Waals surface area contributed by atoms with Crippen molar-refractivity contribution in [3.63, 3.8) is 0 Å². The molecule has 21 heavy (non-hydrogen) atoms. The largest absolute Gasteiger partial charge is 0.495 e. The average molecular weight is 323 g/mol. The molecule has 0 aliphatic carbocycles. The highest BCUT2D eigenvalue weighted by atomic mass is 35.5. The molecule has 6 heteroatoms. The van der Waals surface area contributed by atoms with Crippen molar-refractivity contribution in [3.8, 4) is 5.75 Å². The smallest absolute Gasteiger partial charge is 0.234 e. The molecule has 0 bridgehead atoms. The van der Waals surface area contributed by atoms with Crippen molar-refractivity contribution >= 4 is 40.6 Å². The van der Waals surface area contributed by atoms with Crippen molar-refractivity contribution in [1.29, 1.82) is 0 Å². The lowest BCUT2D eigenvalue weighted by Gasteiger charge is -2.10. The first kappa shape index (κ1) is 15.5. The summed E-state index contributed by atoms with van der Waals surface area (Å²) in [4.78, 5) is 13.0. The predicted molar refractivity (Wildman–Crippen MR) is 88.2 cm³/mol. The van der Waals surface area contributed by atoms with Gasteiger partial charge in [-0.05, 0) is 42.5 Å². The standard InChI is InChI=1S/C15H15ClN2O2S/c1-20-14-7-4-11(17)8-13(14)18-15(19)9-21-12-5-2-10(16)3-6-12/h2-8H,9,17H2,1H3,(H,18,19). The summed E-state index contributed by atoms with van der Waals surface area (Å²) in [5.41, 5.74) is 6.85. The number of thioether (sulfide) groups is 1. The fourth-order valence-corrected chi connectivity index (χ4v) is 2.51. The number of hydrogen-bond acceptors (Lipinski definition) is 4. The van der Waals surface area contributed by atoms with E-state index in [9.17, 15) is 4.79 Å². The van der Waals surface area contributed by atoms with Crippen LogP contribution < -0.4 is 15.8 Å². The van der Waals surface area contributed by atoms with Gasteiger partial charge in [0.2, 0.25) is 5.91 Å². The third kappa shape index (κ3) is 4.58. The molecular formula is C15H15ClN2O2S. The van der Waals surface area contributed by atoms with Gasteiger partial charge in [0, 0.05) is 15.6 Å². The Morgan fingerprint density at radius 1 is 1.29 bits per heavy atom. The third-order valence-corrected chi connectivity index (χ3v) is 3.95. The van der Waals surface area contributed by atoms with Crippen molar-refractivity contribution in [2.75, 3.05) is 23.9 Å². The second kappa shape index (κ2) is 7.24. The summed E-state index contributed by atoms with van der Waals surface area (Å²) in [5, 5.41) is 3.47. The average Bonchev–Trinajstić information content (AvgIpc) is 2.47. The molecule has 0 radical (unpaired) electrons. The maximum absolute atomic E-state index is 12.0. The number of carbonyl (C=O) groups is 1. The molecule has 0 unspecified atom stereocenters. The van der Waals surface area contributed by atoms with E-state index in [0.29, 0.717) is 27.9 Å². The first-order valence-corrected chi connectivity index (χ1v) is 7.56. The molecule has 2 rings (SSSR count). The third-order valence-electron chi connectivity index (χ3n) is 2.68. The summed E-state index contributed by atoms with van der Waals surface area (Å²) in [6.45, 7) is 0. The fourth-order valence-electron chi connectivity index (χ4n) is 1.69. The van der Waals surface area contributed by atoms with Crippen LogP contribution in [-0.4, -0.2) is 18.8 Å². The number of halogens is 1. The molecule has 0 aliphatic heterocycles. The topological polar surface area (TPSA) is 64.3 Å². The fraction of sp³-hybridized carbons (Fsp3) is 0.133. The van der Waals surface area contributed by atoms with E-state index in [4.69, 9.17) is 22.1 Å². The molecule has 3 N–H and O–H groups in total. The number of rotatable bonds is 5. The molecule has 1 amide bonds. The zero-order chi connectivity index (χ0) is 15.2. The molecule has 110 valence electrons. The highest BCUT2D eigenvalue weighted by molar-refractivity contribution is 8.00. The Balaban J connectivity index is 1.95. The predicted octanol–water partition coefficient (Wildman–Crippen LogP) is 3.66. The molecule has 0 saturated carbocycles. The van der Waals surface area contributed by atoms with E-state index in [2.05, 4.69) is 5.32 Å². The zero-order valence-electron chi connectivity index (χ0n) is 11.4. The van der Waals surface area contributed by atoms with Crippen LogP contribution in [0.25, 0.3) is 0 Å². The van der Waals surface area contributed by atoms with Crippen LogP contribution in [0.3, 0.4) is 0 Å². The number of amides is 1. The molecule has 0 spiro atoms. The first-order valence-electron chi connectivity index (χ1n) is 6.20. The van der Waals surface area contributed by atoms with Crippen LogP contribution in [0.15, 0.2) is 47.4 Å². The SMILES string of the molecule is COc1ccc(N)cc1NC(=O)CSc1ccc(Cl)cc1. The zero-order valence-corrected chi connectivity index (χ0v) is 13.0. The quantitative estimate of drug-likeness (QED) is 0.651. The minimum atomic E-state index is -0.126. The van der Waals surface area contributed by atoms with Crippen LogP contribution in [-0.2, 0) is 4.79 Å². The summed E-state index contributed by atoms with van der Waals surface area (Å²) < 4.78 is 5.19. The monoisotopic (exact) mass is 322 g/mol. The number of nitrogen functional groups attached to an aromatic ring is 1. The van der Waals surface area contributed by atoms with E-state index in [1.165, 1.54) is 11.8 Å². The minimum Gasteiger partial charge on any atom is -0.495 e. The van der Waals surface area contributed by atoms with Crippen molar-refractivity contribution in [3.05, 3.63) is 47.5 Å². The second-order valence-corrected chi connectivity index (χ2v) is 5.74. The lowest BCUT2D eigenvalue weighted by Crippen LogP contribution is -2.14. The number of benzene rings is 2. The van der Waals surface area contributed by atoms with Gasteiger partial charge in [-0.2, -0.15) is 0 Å². The van der Waals surface area contributed by atoms with Gasteiger partial charge in [-0.1, -0.05) is 11.6 Å². The number of carbonyl (C=O) groups excluding carboxylic acids is 1. The summed E-state index contributed by atoms with van der Waals surface area (Å²) in [5.74, 6) is 0.743. The molecule has 0 heterocycles. The Morgan fingerprint density at radius 2 is 2.00 bits per heavy atom. The highest BCUT2D eigenvalue weighted by Crippen LogP contribution is 2.27. The van der Waals surface area contributed by atoms with E-state index in [1.807, 2.05) is 12.1 Å². The second-order valence-electron chi connectivity index (χ2n) is 4.25. The Bertz CT molecular complexity index is 632. The number of nitrogens with one attached hydrogen (secondary N) is 1. The van der Waals surface area contributed by atoms with Gasteiger partial charge in [0.1, 0.15) is 5.75 Å². The van der Waals surface area contributed by atoms with Gasteiger partial charge in [0.05, 0.1) is 18.6 Å². The summed E-state index contributed by atoms with van der Waals surface area (Å²) in [6.07, 6.45) is 0. The van der Waals surface area contributed by atoms with Crippen LogP contribution in [0.5, 0.6) is 5.75 Å². The Labute approximate surface area is 132 Å². The van der Waals surface area contributed by atoms with Crippen molar-refractivity contribution in [1.82, 2.24) is 0 Å². The lowest BCUT2D eigenvalue weighted by atomic mass is 10.2. The number of nitrogens with two attached hydrogens (primary N) is 1. The maximum atomic E-state index is 12.0. The Morgan fingerprint density at radius 3 is 2.67 bits per heavy atom. The van der Waals surface area contributed by atoms with Gasteiger partial charge in [0.25, 0.3) is 0 Å². The normalized spacial score (nSPS) is 10.2. The lowest BCUT2D eigenvalue weighted by molar-refractivity contribution is -0.113. The molecule has 0 aliphatic rings. The van der Waals surface area contributed by atoms with Gasteiger partial charge in [-0.3, -0.25) is 4.79 Å². The number of anilines is 2. The first-order chi connectivity index (χ1) is 10.1. The van der Waals surface area contributed by atoms with Crippen molar-refractivity contribution in [2.45, 2.75) is 4.90 Å². The molecule has 0 atom stereocenters. The van der Waals surface area contributed by atoms with Crippen LogP contribution in [0.2, 0.25) is 5.02 Å². The van der Waals surface area contributed by atoms with E-state index in [1.54, 1.807) is 37.4 Å². The van der Waals surface area contributed by atoms with Crippen LogP contribution in [0.4, 0.5) is 11.4 Å². The van der Waals surface area contributed by atoms with Gasteiger partial charge in [0.15, 0.2) is 0 Å². The van der Waals surface area contributed by atoms with Crippen LogP contribution in [0.1, 0.15) is 0 Å². The molecule has 2 aromatic carbocycles. The van der Waals surface area contributed by atoms with E-state index >= 15 is 0 Å². The number of ether oxygens (including phenoxy) is 1. The molecule has 0 saturated heterocycles. The van der Waals surface area contributed by atoms with Gasteiger partial charge in [-0.25, -0.2) is 0 Å². The van der Waals surface area contributed by atoms with Gasteiger partial charge >= 0.3 is 0 Å². The maximum Gasteiger partial charge on any atom is 0.234 e. The van der Waals surface area contributed by atoms with Gasteiger partial charge < -0.3 is 15.8 Å². The van der Waals surface area contributed by atoms with E-state index < -0.39 is 0 Å². The van der Waals surface area contributed by atoms with E-state index in [-0.39, 0.29) is 5.91 Å². The Kier molecular flexibility index (Phi) is 5.36. The number of hydrogen-bond donors (Lipinski definition) is 2. The minimum absolute atomic E-state index is 0.126. The molecule has 0 aromatic heterocycles. The number of methoxy groups -OCH3 is 1. The van der Waals surface area contributed by atoms with Gasteiger partial charge in [-0.15, -0.1) is 11.8 Å². The summed E-state index contributed by atoms with van der Waals surface area (Å²) >= 11 is 7.25. The summed E-state index contributed by atoms with van der Waals surface area (Å²) in [7, 11) is 1.55. The molecule has 0 fully saturated rings. The molecule has 2 aromatic rings. The van der Waals surface area contributed by atoms with E-state index in [0.717, 1.165) is 4.90 Å². The summed E-state index contributed by atoms with van der Waals surface area (Å²) in [6, 6.07) is 12.5. The molecular weight excluding hydrogens is 308 g/mol. The molecule has 4 nitrogen and oxygen atoms in total.